The molecule has 3 N–H and O–H groups in total. The van der Waals surface area contributed by atoms with Crippen LogP contribution in [-0.4, -0.2) is 36.6 Å². The van der Waals surface area contributed by atoms with E-state index in [2.05, 4.69) is 15.6 Å². The smallest absolute Gasteiger partial charge is 0.368 e. The van der Waals surface area contributed by atoms with Crippen molar-refractivity contribution in [2.45, 2.75) is 66.2 Å². The SMILES string of the molecule is CCN(c1cc(C(F)(F)F)cc(C(=O)NCc2c(C)c(C)c(C)[nH]c2=O)c1C)C1CCNCC1. The van der Waals surface area contributed by atoms with E-state index in [4.69, 9.17) is 0 Å². The molecule has 2 heterocycles. The maximum atomic E-state index is 13.8. The minimum Gasteiger partial charge on any atom is -0.368 e. The molecule has 186 valence electrons. The van der Waals surface area contributed by atoms with Crippen LogP contribution < -0.4 is 21.1 Å². The Bertz CT molecular complexity index is 1120. The van der Waals surface area contributed by atoms with Gasteiger partial charge in [-0.05, 0) is 89.4 Å². The van der Waals surface area contributed by atoms with Gasteiger partial charge in [-0.25, -0.2) is 0 Å². The van der Waals surface area contributed by atoms with Crippen molar-refractivity contribution in [3.8, 4) is 0 Å². The summed E-state index contributed by atoms with van der Waals surface area (Å²) >= 11 is 0. The lowest BCUT2D eigenvalue weighted by molar-refractivity contribution is -0.137. The van der Waals surface area contributed by atoms with Crippen LogP contribution in [0.15, 0.2) is 16.9 Å². The van der Waals surface area contributed by atoms with Crippen LogP contribution >= 0.6 is 0 Å². The first-order valence-corrected chi connectivity index (χ1v) is 11.6. The first-order chi connectivity index (χ1) is 16.0. The second-order valence-electron chi connectivity index (χ2n) is 8.92. The highest BCUT2D eigenvalue weighted by molar-refractivity contribution is 5.97. The first-order valence-electron chi connectivity index (χ1n) is 11.6. The van der Waals surface area contributed by atoms with Crippen molar-refractivity contribution in [2.75, 3.05) is 24.5 Å². The fourth-order valence-corrected chi connectivity index (χ4v) is 4.63. The van der Waals surface area contributed by atoms with E-state index < -0.39 is 17.6 Å². The van der Waals surface area contributed by atoms with Gasteiger partial charge in [-0.15, -0.1) is 0 Å². The minimum absolute atomic E-state index is 0.0323. The molecule has 2 aromatic rings. The number of nitrogens with one attached hydrogen (secondary N) is 3. The third-order valence-electron chi connectivity index (χ3n) is 6.93. The Hall–Kier alpha value is -2.81. The number of anilines is 1. The number of piperidine rings is 1. The number of carbonyl (C=O) groups excluding carboxylic acids is 1. The number of carbonyl (C=O) groups is 1. The summed E-state index contributed by atoms with van der Waals surface area (Å²) in [5.41, 5.74) is 2.52. The molecule has 0 aliphatic carbocycles. The summed E-state index contributed by atoms with van der Waals surface area (Å²) < 4.78 is 41.4. The molecule has 1 aromatic heterocycles. The maximum absolute atomic E-state index is 13.8. The third-order valence-corrected chi connectivity index (χ3v) is 6.93. The quantitative estimate of drug-likeness (QED) is 0.583. The number of H-pyrrole nitrogens is 1. The molecular formula is C25H33F3N4O2. The Morgan fingerprint density at radius 1 is 1.09 bits per heavy atom. The fraction of sp³-hybridized carbons (Fsp3) is 0.520. The zero-order chi connectivity index (χ0) is 25.2. The molecule has 3 rings (SSSR count). The molecule has 0 saturated carbocycles. The minimum atomic E-state index is -4.59. The molecule has 1 aromatic carbocycles. The molecule has 9 heteroatoms. The average molecular weight is 479 g/mol. The molecule has 1 aliphatic rings. The summed E-state index contributed by atoms with van der Waals surface area (Å²) in [4.78, 5) is 30.2. The van der Waals surface area contributed by atoms with E-state index in [0.717, 1.165) is 54.9 Å². The monoisotopic (exact) mass is 478 g/mol. The molecule has 1 aliphatic heterocycles. The molecule has 0 radical (unpaired) electrons. The second kappa shape index (κ2) is 10.2. The number of aromatic nitrogens is 1. The molecule has 1 fully saturated rings. The van der Waals surface area contributed by atoms with Crippen molar-refractivity contribution in [1.29, 1.82) is 0 Å². The lowest BCUT2D eigenvalue weighted by Gasteiger charge is -2.37. The summed E-state index contributed by atoms with van der Waals surface area (Å²) in [6, 6.07) is 2.15. The number of amides is 1. The lowest BCUT2D eigenvalue weighted by Crippen LogP contribution is -2.43. The molecule has 34 heavy (non-hydrogen) atoms. The van der Waals surface area contributed by atoms with Crippen molar-refractivity contribution in [3.05, 3.63) is 61.6 Å². The first kappa shape index (κ1) is 25.8. The summed E-state index contributed by atoms with van der Waals surface area (Å²) in [5.74, 6) is -0.636. The highest BCUT2D eigenvalue weighted by atomic mass is 19.4. The Labute approximate surface area is 197 Å². The molecule has 0 bridgehead atoms. The number of nitrogens with zero attached hydrogens (tertiary/aromatic N) is 1. The molecule has 1 saturated heterocycles. The number of benzene rings is 1. The third kappa shape index (κ3) is 5.29. The highest BCUT2D eigenvalue weighted by Gasteiger charge is 2.34. The van der Waals surface area contributed by atoms with Gasteiger partial charge in [0, 0.05) is 41.6 Å². The van der Waals surface area contributed by atoms with Gasteiger partial charge in [0.15, 0.2) is 0 Å². The number of pyridine rings is 1. The van der Waals surface area contributed by atoms with Crippen LogP contribution in [0.25, 0.3) is 0 Å². The Balaban J connectivity index is 1.99. The van der Waals surface area contributed by atoms with Crippen molar-refractivity contribution < 1.29 is 18.0 Å². The number of rotatable bonds is 6. The van der Waals surface area contributed by atoms with Crippen LogP contribution in [0.1, 0.15) is 63.6 Å². The number of hydrogen-bond donors (Lipinski definition) is 3. The standard InChI is InChI=1S/C25H33F3N4O2/c1-6-32(19-7-9-29-10-8-19)22-12-18(25(26,27)28)11-20(16(22)4)23(33)30-13-21-15(3)14(2)17(5)31-24(21)34/h11-12,19,29H,6-10,13H2,1-5H3,(H,30,33)(H,31,34). The summed E-state index contributed by atoms with van der Waals surface area (Å²) in [6.45, 7) is 11.1. The summed E-state index contributed by atoms with van der Waals surface area (Å²) in [5, 5.41) is 5.95. The number of aryl methyl sites for hydroxylation is 1. The number of halogens is 3. The topological polar surface area (TPSA) is 77.2 Å². The van der Waals surface area contributed by atoms with Crippen molar-refractivity contribution in [3.63, 3.8) is 0 Å². The van der Waals surface area contributed by atoms with Crippen molar-refractivity contribution >= 4 is 11.6 Å². The highest BCUT2D eigenvalue weighted by Crippen LogP contribution is 2.36. The van der Waals surface area contributed by atoms with Crippen LogP contribution in [0.5, 0.6) is 0 Å². The van der Waals surface area contributed by atoms with E-state index in [-0.39, 0.29) is 23.7 Å². The van der Waals surface area contributed by atoms with Crippen LogP contribution in [0.4, 0.5) is 18.9 Å². The Morgan fingerprint density at radius 3 is 2.32 bits per heavy atom. The van der Waals surface area contributed by atoms with Crippen molar-refractivity contribution in [2.24, 2.45) is 0 Å². The van der Waals surface area contributed by atoms with E-state index >= 15 is 0 Å². The van der Waals surface area contributed by atoms with E-state index in [9.17, 15) is 22.8 Å². The predicted octanol–water partition coefficient (Wildman–Crippen LogP) is 4.14. The van der Waals surface area contributed by atoms with Gasteiger partial charge in [-0.2, -0.15) is 13.2 Å². The maximum Gasteiger partial charge on any atom is 0.416 e. The zero-order valence-corrected chi connectivity index (χ0v) is 20.4. The van der Waals surface area contributed by atoms with Gasteiger partial charge in [0.25, 0.3) is 11.5 Å². The molecule has 0 spiro atoms. The largest absolute Gasteiger partial charge is 0.416 e. The fourth-order valence-electron chi connectivity index (χ4n) is 4.63. The van der Waals surface area contributed by atoms with Crippen LogP contribution in [0.3, 0.4) is 0 Å². The number of aromatic amines is 1. The summed E-state index contributed by atoms with van der Waals surface area (Å²) in [7, 11) is 0. The van der Waals surface area contributed by atoms with E-state index in [0.29, 0.717) is 23.4 Å². The molecule has 0 atom stereocenters. The summed E-state index contributed by atoms with van der Waals surface area (Å²) in [6.07, 6.45) is -2.95. The molecule has 1 amide bonds. The predicted molar refractivity (Wildman–Crippen MR) is 128 cm³/mol. The second-order valence-corrected chi connectivity index (χ2v) is 8.92. The van der Waals surface area contributed by atoms with Gasteiger partial charge in [0.1, 0.15) is 0 Å². The van der Waals surface area contributed by atoms with Gasteiger partial charge < -0.3 is 20.5 Å². The molecule has 6 nitrogen and oxygen atoms in total. The van der Waals surface area contributed by atoms with E-state index in [1.165, 1.54) is 0 Å². The van der Waals surface area contributed by atoms with E-state index in [1.807, 2.05) is 18.7 Å². The number of alkyl halides is 3. The van der Waals surface area contributed by atoms with E-state index in [1.54, 1.807) is 20.8 Å². The lowest BCUT2D eigenvalue weighted by atomic mass is 9.97. The molecule has 0 unspecified atom stereocenters. The Morgan fingerprint density at radius 2 is 1.74 bits per heavy atom. The van der Waals surface area contributed by atoms with Crippen LogP contribution in [-0.2, 0) is 12.7 Å². The van der Waals surface area contributed by atoms with Gasteiger partial charge in [0.2, 0.25) is 0 Å². The number of hydrogen-bond acceptors (Lipinski definition) is 4. The van der Waals surface area contributed by atoms with Crippen molar-refractivity contribution in [1.82, 2.24) is 15.6 Å². The van der Waals surface area contributed by atoms with Gasteiger partial charge in [0.05, 0.1) is 5.56 Å². The Kier molecular flexibility index (Phi) is 7.75. The average Bonchev–Trinajstić information content (AvgIpc) is 2.78. The van der Waals surface area contributed by atoms with Crippen LogP contribution in [0.2, 0.25) is 0 Å². The van der Waals surface area contributed by atoms with Gasteiger partial charge in [-0.1, -0.05) is 0 Å². The van der Waals surface area contributed by atoms with Crippen LogP contribution in [0, 0.1) is 27.7 Å². The van der Waals surface area contributed by atoms with Gasteiger partial charge in [-0.3, -0.25) is 9.59 Å². The van der Waals surface area contributed by atoms with Gasteiger partial charge >= 0.3 is 6.18 Å². The normalized spacial score (nSPS) is 14.8. The molecular weight excluding hydrogens is 445 g/mol. The zero-order valence-electron chi connectivity index (χ0n) is 20.4.